The lowest BCUT2D eigenvalue weighted by molar-refractivity contribution is -0.120. The number of benzene rings is 1. The maximum Gasteiger partial charge on any atom is 0.241 e. The molecule has 0 radical (unpaired) electrons. The first kappa shape index (κ1) is 21.0. The molecular formula is C24H21ClFN7O. The summed E-state index contributed by atoms with van der Waals surface area (Å²) in [6.07, 6.45) is 8.64. The van der Waals surface area contributed by atoms with Crippen molar-refractivity contribution in [3.63, 3.8) is 0 Å². The quantitative estimate of drug-likeness (QED) is 0.446. The maximum absolute atomic E-state index is 14.4. The molecule has 0 saturated heterocycles. The van der Waals surface area contributed by atoms with Crippen LogP contribution < -0.4 is 11.1 Å². The Morgan fingerprint density at radius 3 is 2.85 bits per heavy atom. The van der Waals surface area contributed by atoms with Crippen LogP contribution in [-0.2, 0) is 16.6 Å². The lowest BCUT2D eigenvalue weighted by Gasteiger charge is -2.28. The van der Waals surface area contributed by atoms with Crippen molar-refractivity contribution in [2.45, 2.75) is 38.0 Å². The Hall–Kier alpha value is -3.59. The van der Waals surface area contributed by atoms with Crippen molar-refractivity contribution in [1.29, 1.82) is 0 Å². The molecule has 1 amide bonds. The molecule has 3 aromatic heterocycles. The number of carbonyl (C=O) groups excluding carboxylic acids is 1. The Bertz CT molecular complexity index is 1480. The SMILES string of the molecule is CCCc1nc(-c2nc(N)c3c(n2)NC(=O)C3(c2ccc(Cl)c(F)c2)C2CC2)cn2ccnc12. The molecule has 2 aliphatic rings. The van der Waals surface area contributed by atoms with E-state index in [9.17, 15) is 9.18 Å². The minimum absolute atomic E-state index is 0.00301. The lowest BCUT2D eigenvalue weighted by atomic mass is 9.71. The molecule has 10 heteroatoms. The molecule has 1 aromatic carbocycles. The van der Waals surface area contributed by atoms with Crippen LogP contribution in [0.5, 0.6) is 0 Å². The van der Waals surface area contributed by atoms with Gasteiger partial charge in [-0.05, 0) is 42.9 Å². The summed E-state index contributed by atoms with van der Waals surface area (Å²) in [6.45, 7) is 2.07. The van der Waals surface area contributed by atoms with Crippen LogP contribution in [0.15, 0.2) is 36.8 Å². The number of nitrogens with one attached hydrogen (secondary N) is 1. The summed E-state index contributed by atoms with van der Waals surface area (Å²) >= 11 is 5.91. The van der Waals surface area contributed by atoms with Crippen molar-refractivity contribution in [2.24, 2.45) is 5.92 Å². The Kier molecular flexibility index (Phi) is 4.60. The number of hydrogen-bond acceptors (Lipinski definition) is 6. The number of aryl methyl sites for hydroxylation is 1. The maximum atomic E-state index is 14.4. The van der Waals surface area contributed by atoms with Crippen molar-refractivity contribution < 1.29 is 9.18 Å². The molecule has 34 heavy (non-hydrogen) atoms. The third kappa shape index (κ3) is 2.93. The number of aromatic nitrogens is 5. The van der Waals surface area contributed by atoms with Crippen LogP contribution >= 0.6 is 11.6 Å². The highest BCUT2D eigenvalue weighted by molar-refractivity contribution is 6.30. The molecule has 1 fully saturated rings. The van der Waals surface area contributed by atoms with Crippen LogP contribution in [0.3, 0.4) is 0 Å². The zero-order valence-electron chi connectivity index (χ0n) is 18.3. The minimum Gasteiger partial charge on any atom is -0.383 e. The average Bonchev–Trinajstić information content (AvgIpc) is 3.46. The van der Waals surface area contributed by atoms with Crippen molar-refractivity contribution in [1.82, 2.24) is 24.3 Å². The molecule has 0 spiro atoms. The molecule has 172 valence electrons. The summed E-state index contributed by atoms with van der Waals surface area (Å²) in [6, 6.07) is 4.46. The first-order valence-electron chi connectivity index (χ1n) is 11.2. The van der Waals surface area contributed by atoms with E-state index in [1.807, 2.05) is 10.6 Å². The number of hydrogen-bond donors (Lipinski definition) is 2. The summed E-state index contributed by atoms with van der Waals surface area (Å²) < 4.78 is 16.3. The van der Waals surface area contributed by atoms with Crippen LogP contribution in [-0.4, -0.2) is 30.2 Å². The number of rotatable bonds is 5. The van der Waals surface area contributed by atoms with Crippen molar-refractivity contribution in [3.8, 4) is 11.5 Å². The van der Waals surface area contributed by atoms with Gasteiger partial charge in [0, 0.05) is 18.6 Å². The minimum atomic E-state index is -1.15. The zero-order valence-corrected chi connectivity index (χ0v) is 19.1. The van der Waals surface area contributed by atoms with E-state index in [2.05, 4.69) is 27.2 Å². The van der Waals surface area contributed by atoms with E-state index in [0.29, 0.717) is 28.5 Å². The van der Waals surface area contributed by atoms with Gasteiger partial charge in [-0.15, -0.1) is 0 Å². The molecule has 4 heterocycles. The van der Waals surface area contributed by atoms with Gasteiger partial charge in [-0.2, -0.15) is 0 Å². The van der Waals surface area contributed by atoms with Crippen LogP contribution in [0.25, 0.3) is 17.2 Å². The van der Waals surface area contributed by atoms with Gasteiger partial charge in [-0.3, -0.25) is 4.79 Å². The van der Waals surface area contributed by atoms with Gasteiger partial charge in [0.05, 0.1) is 16.3 Å². The van der Waals surface area contributed by atoms with E-state index >= 15 is 0 Å². The number of nitrogens with zero attached hydrogens (tertiary/aromatic N) is 5. The van der Waals surface area contributed by atoms with Gasteiger partial charge in [-0.25, -0.2) is 24.3 Å². The number of amides is 1. The molecule has 1 unspecified atom stereocenters. The van der Waals surface area contributed by atoms with E-state index in [0.717, 1.165) is 37.0 Å². The number of nitrogens with two attached hydrogens (primary N) is 1. The van der Waals surface area contributed by atoms with E-state index in [4.69, 9.17) is 22.3 Å². The molecule has 4 aromatic rings. The Morgan fingerprint density at radius 2 is 2.12 bits per heavy atom. The predicted molar refractivity (Wildman–Crippen MR) is 126 cm³/mol. The summed E-state index contributed by atoms with van der Waals surface area (Å²) in [4.78, 5) is 31.9. The highest BCUT2D eigenvalue weighted by Gasteiger charge is 2.59. The summed E-state index contributed by atoms with van der Waals surface area (Å²) in [5, 5.41) is 2.89. The smallest absolute Gasteiger partial charge is 0.241 e. The molecule has 1 aliphatic carbocycles. The number of anilines is 2. The number of nitrogen functional groups attached to an aromatic ring is 1. The Balaban J connectivity index is 1.53. The summed E-state index contributed by atoms with van der Waals surface area (Å²) in [5.74, 6) is -0.0852. The fraction of sp³-hybridized carbons (Fsp3) is 0.292. The van der Waals surface area contributed by atoms with Gasteiger partial charge in [0.15, 0.2) is 11.5 Å². The molecular weight excluding hydrogens is 457 g/mol. The summed E-state index contributed by atoms with van der Waals surface area (Å²) in [7, 11) is 0. The van der Waals surface area contributed by atoms with Crippen LogP contribution in [0.2, 0.25) is 5.02 Å². The van der Waals surface area contributed by atoms with Gasteiger partial charge in [0.1, 0.15) is 28.6 Å². The second-order valence-corrected chi connectivity index (χ2v) is 9.21. The van der Waals surface area contributed by atoms with Gasteiger partial charge < -0.3 is 15.5 Å². The zero-order chi connectivity index (χ0) is 23.6. The summed E-state index contributed by atoms with van der Waals surface area (Å²) in [5.41, 5.74) is 8.48. The van der Waals surface area contributed by atoms with Gasteiger partial charge in [-0.1, -0.05) is 31.0 Å². The van der Waals surface area contributed by atoms with Crippen LogP contribution in [0, 0.1) is 11.7 Å². The predicted octanol–water partition coefficient (Wildman–Crippen LogP) is 4.16. The Morgan fingerprint density at radius 1 is 1.29 bits per heavy atom. The van der Waals surface area contributed by atoms with E-state index in [1.165, 1.54) is 12.1 Å². The topological polar surface area (TPSA) is 111 Å². The van der Waals surface area contributed by atoms with Gasteiger partial charge in [0.25, 0.3) is 0 Å². The second-order valence-electron chi connectivity index (χ2n) is 8.80. The number of halogens is 2. The number of carbonyl (C=O) groups is 1. The first-order chi connectivity index (χ1) is 16.4. The van der Waals surface area contributed by atoms with Crippen molar-refractivity contribution in [3.05, 3.63) is 64.5 Å². The monoisotopic (exact) mass is 477 g/mol. The van der Waals surface area contributed by atoms with Crippen LogP contribution in [0.4, 0.5) is 16.0 Å². The standard InChI is InChI=1S/C24H21ClFN7O/c1-2-3-16-22-28-8-9-33(22)11-17(29-16)20-30-19(27)18-21(31-20)32-23(34)24(18,12-4-5-12)13-6-7-14(25)15(26)10-13/h6-12H,2-5H2,1H3,(H3,27,30,31,32,34). The van der Waals surface area contributed by atoms with Gasteiger partial charge in [0.2, 0.25) is 5.91 Å². The Labute approximate surface area is 199 Å². The molecule has 1 aliphatic heterocycles. The molecule has 1 atom stereocenters. The lowest BCUT2D eigenvalue weighted by Crippen LogP contribution is -2.38. The third-order valence-corrected chi connectivity index (χ3v) is 6.95. The third-order valence-electron chi connectivity index (χ3n) is 6.65. The fourth-order valence-electron chi connectivity index (χ4n) is 5.06. The van der Waals surface area contributed by atoms with E-state index in [1.54, 1.807) is 18.5 Å². The van der Waals surface area contributed by atoms with Gasteiger partial charge >= 0.3 is 0 Å². The van der Waals surface area contributed by atoms with E-state index < -0.39 is 11.2 Å². The molecule has 6 rings (SSSR count). The highest BCUT2D eigenvalue weighted by Crippen LogP contribution is 2.57. The largest absolute Gasteiger partial charge is 0.383 e. The van der Waals surface area contributed by atoms with Crippen LogP contribution in [0.1, 0.15) is 43.0 Å². The molecule has 3 N–H and O–H groups in total. The highest BCUT2D eigenvalue weighted by atomic mass is 35.5. The van der Waals surface area contributed by atoms with Crippen molar-refractivity contribution >= 4 is 34.8 Å². The molecule has 8 nitrogen and oxygen atoms in total. The molecule has 0 bridgehead atoms. The van der Waals surface area contributed by atoms with Crippen molar-refractivity contribution in [2.75, 3.05) is 11.1 Å². The second kappa shape index (κ2) is 7.46. The number of imidazole rings is 1. The molecule has 1 saturated carbocycles. The fourth-order valence-corrected chi connectivity index (χ4v) is 5.18. The normalized spacial score (nSPS) is 19.4. The first-order valence-corrected chi connectivity index (χ1v) is 11.6. The van der Waals surface area contributed by atoms with E-state index in [-0.39, 0.29) is 22.7 Å². The average molecular weight is 478 g/mol. The number of fused-ring (bicyclic) bond motifs is 2.